The second-order valence-electron chi connectivity index (χ2n) is 11.4. The van der Waals surface area contributed by atoms with Crippen LogP contribution in [0.2, 0.25) is 0 Å². The van der Waals surface area contributed by atoms with Gasteiger partial charge in [-0.1, -0.05) is 67.4 Å². The molecule has 3 amide bonds. The monoisotopic (exact) mass is 620 g/mol. The normalized spacial score (nSPS) is 19.0. The minimum atomic E-state index is -0.810. The van der Waals surface area contributed by atoms with Crippen LogP contribution >= 0.6 is 27.3 Å². The number of nitrogens with one attached hydrogen (secondary N) is 2. The minimum absolute atomic E-state index is 0.0574. The molecule has 1 aromatic carbocycles. The van der Waals surface area contributed by atoms with E-state index in [1.165, 1.54) is 4.90 Å². The number of aryl methyl sites for hydroxylation is 1. The van der Waals surface area contributed by atoms with E-state index in [4.69, 9.17) is 0 Å². The smallest absolute Gasteiger partial charge is 0.246 e. The first-order valence-corrected chi connectivity index (χ1v) is 15.6. The summed E-state index contributed by atoms with van der Waals surface area (Å²) in [6.07, 6.45) is 2.37. The van der Waals surface area contributed by atoms with Crippen molar-refractivity contribution in [2.75, 3.05) is 11.9 Å². The SMILES string of the molecule is Cc1ncsc1-c1ccc([C@H](C)NC(=O)[C@@H]2C[C@@H](O)CN2C(=O)[C@@H](NC(=O)CCCCCBr)C(C)(C)C)cc1. The van der Waals surface area contributed by atoms with E-state index in [-0.39, 0.29) is 36.7 Å². The van der Waals surface area contributed by atoms with Crippen LogP contribution in [0.15, 0.2) is 29.8 Å². The molecule has 1 aliphatic rings. The zero-order valence-electron chi connectivity index (χ0n) is 23.5. The van der Waals surface area contributed by atoms with E-state index < -0.39 is 23.6 Å². The number of unbranched alkanes of at least 4 members (excludes halogenated alkanes) is 2. The molecule has 39 heavy (non-hydrogen) atoms. The highest BCUT2D eigenvalue weighted by atomic mass is 79.9. The fourth-order valence-electron chi connectivity index (χ4n) is 4.81. The number of benzene rings is 1. The van der Waals surface area contributed by atoms with Crippen LogP contribution in [0.4, 0.5) is 0 Å². The van der Waals surface area contributed by atoms with Crippen molar-refractivity contribution in [1.82, 2.24) is 20.5 Å². The van der Waals surface area contributed by atoms with E-state index in [1.807, 2.05) is 64.4 Å². The van der Waals surface area contributed by atoms with Crippen LogP contribution in [0, 0.1) is 12.3 Å². The number of likely N-dealkylation sites (tertiary alicyclic amines) is 1. The molecule has 8 nitrogen and oxygen atoms in total. The van der Waals surface area contributed by atoms with Gasteiger partial charge in [-0.25, -0.2) is 4.98 Å². The highest BCUT2D eigenvalue weighted by molar-refractivity contribution is 9.09. The Balaban J connectivity index is 1.68. The van der Waals surface area contributed by atoms with Crippen molar-refractivity contribution in [1.29, 1.82) is 0 Å². The molecule has 1 fully saturated rings. The molecule has 1 saturated heterocycles. The van der Waals surface area contributed by atoms with E-state index >= 15 is 0 Å². The van der Waals surface area contributed by atoms with Crippen LogP contribution in [0.3, 0.4) is 0 Å². The highest BCUT2D eigenvalue weighted by Crippen LogP contribution is 2.29. The molecule has 4 atom stereocenters. The van der Waals surface area contributed by atoms with Crippen LogP contribution in [0.25, 0.3) is 10.4 Å². The van der Waals surface area contributed by atoms with Crippen molar-refractivity contribution in [2.45, 2.75) is 91.0 Å². The van der Waals surface area contributed by atoms with Gasteiger partial charge < -0.3 is 20.6 Å². The summed E-state index contributed by atoms with van der Waals surface area (Å²) in [5.41, 5.74) is 4.25. The van der Waals surface area contributed by atoms with Gasteiger partial charge in [-0.15, -0.1) is 11.3 Å². The highest BCUT2D eigenvalue weighted by Gasteiger charge is 2.44. The number of aromatic nitrogens is 1. The molecule has 0 bridgehead atoms. The molecule has 2 heterocycles. The van der Waals surface area contributed by atoms with E-state index in [1.54, 1.807) is 11.3 Å². The van der Waals surface area contributed by atoms with E-state index in [2.05, 4.69) is 31.5 Å². The van der Waals surface area contributed by atoms with Crippen LogP contribution in [0.5, 0.6) is 0 Å². The number of β-amino-alcohol motifs (C(OH)–C–C–N with tert-alkyl or cyclic N) is 1. The number of alkyl halides is 1. The van der Waals surface area contributed by atoms with Crippen molar-refractivity contribution in [3.8, 4) is 10.4 Å². The maximum absolute atomic E-state index is 13.7. The summed E-state index contributed by atoms with van der Waals surface area (Å²) >= 11 is 4.99. The second kappa shape index (κ2) is 13.9. The molecular formula is C29H41BrN4O4S. The van der Waals surface area contributed by atoms with Crippen LogP contribution < -0.4 is 10.6 Å². The first-order chi connectivity index (χ1) is 18.4. The van der Waals surface area contributed by atoms with E-state index in [0.717, 1.165) is 46.3 Å². The summed E-state index contributed by atoms with van der Waals surface area (Å²) in [4.78, 5) is 46.6. The first kappa shape index (κ1) is 31.2. The van der Waals surface area contributed by atoms with Gasteiger partial charge in [0.25, 0.3) is 0 Å². The van der Waals surface area contributed by atoms with Gasteiger partial charge in [0.2, 0.25) is 17.7 Å². The Morgan fingerprint density at radius 1 is 1.15 bits per heavy atom. The molecule has 10 heteroatoms. The number of hydrogen-bond acceptors (Lipinski definition) is 6. The quantitative estimate of drug-likeness (QED) is 0.248. The minimum Gasteiger partial charge on any atom is -0.391 e. The average molecular weight is 622 g/mol. The molecule has 0 radical (unpaired) electrons. The van der Waals surface area contributed by atoms with Crippen molar-refractivity contribution >= 4 is 45.0 Å². The van der Waals surface area contributed by atoms with Crippen LogP contribution in [0.1, 0.15) is 77.1 Å². The largest absolute Gasteiger partial charge is 0.391 e. The molecule has 0 saturated carbocycles. The van der Waals surface area contributed by atoms with Gasteiger partial charge in [-0.05, 0) is 43.2 Å². The number of halogens is 1. The summed E-state index contributed by atoms with van der Waals surface area (Å²) in [6.45, 7) is 9.61. The van der Waals surface area contributed by atoms with Crippen molar-refractivity contribution in [3.63, 3.8) is 0 Å². The van der Waals surface area contributed by atoms with Gasteiger partial charge in [0.05, 0.1) is 28.2 Å². The molecule has 1 aliphatic heterocycles. The molecule has 214 valence electrons. The van der Waals surface area contributed by atoms with Gasteiger partial charge in [0, 0.05) is 24.7 Å². The zero-order chi connectivity index (χ0) is 28.7. The van der Waals surface area contributed by atoms with Gasteiger partial charge in [-0.3, -0.25) is 14.4 Å². The number of amides is 3. The second-order valence-corrected chi connectivity index (χ2v) is 13.0. The Bertz CT molecular complexity index is 1130. The van der Waals surface area contributed by atoms with Gasteiger partial charge >= 0.3 is 0 Å². The summed E-state index contributed by atoms with van der Waals surface area (Å²) in [6, 6.07) is 6.09. The molecule has 3 N–H and O–H groups in total. The van der Waals surface area contributed by atoms with E-state index in [9.17, 15) is 19.5 Å². The Morgan fingerprint density at radius 2 is 1.85 bits per heavy atom. The summed E-state index contributed by atoms with van der Waals surface area (Å²) in [5.74, 6) is -0.835. The lowest BCUT2D eigenvalue weighted by molar-refractivity contribution is -0.144. The number of aliphatic hydroxyl groups excluding tert-OH is 1. The van der Waals surface area contributed by atoms with Crippen molar-refractivity contribution in [2.24, 2.45) is 5.41 Å². The van der Waals surface area contributed by atoms with Gasteiger partial charge in [0.1, 0.15) is 12.1 Å². The molecule has 3 rings (SSSR count). The molecule has 0 spiro atoms. The molecule has 0 unspecified atom stereocenters. The maximum Gasteiger partial charge on any atom is 0.246 e. The van der Waals surface area contributed by atoms with Gasteiger partial charge in [-0.2, -0.15) is 0 Å². The number of rotatable bonds is 11. The predicted octanol–water partition coefficient (Wildman–Crippen LogP) is 4.74. The third kappa shape index (κ3) is 8.35. The lowest BCUT2D eigenvalue weighted by atomic mass is 9.85. The number of thiazole rings is 1. The van der Waals surface area contributed by atoms with Crippen LogP contribution in [-0.2, 0) is 14.4 Å². The standard InChI is InChI=1S/C29H41BrN4O4S/c1-18(20-10-12-21(13-11-20)25-19(2)31-17-39-25)32-27(37)23-15-22(35)16-34(23)28(38)26(29(3,4)5)33-24(36)9-7-6-8-14-30/h10-13,17-18,22-23,26,35H,6-9,14-16H2,1-5H3,(H,32,37)(H,33,36)/t18-,22+,23-,26+/m0/s1. The average Bonchev–Trinajstić information content (AvgIpc) is 3.49. The fraction of sp³-hybridized carbons (Fsp3) is 0.586. The Kier molecular flexibility index (Phi) is 11.1. The Morgan fingerprint density at radius 3 is 2.44 bits per heavy atom. The molecule has 0 aliphatic carbocycles. The van der Waals surface area contributed by atoms with E-state index in [0.29, 0.717) is 6.42 Å². The lowest BCUT2D eigenvalue weighted by Gasteiger charge is -2.35. The third-order valence-electron chi connectivity index (χ3n) is 7.10. The maximum atomic E-state index is 13.7. The number of aliphatic hydroxyl groups is 1. The molecular weight excluding hydrogens is 580 g/mol. The molecule has 1 aromatic heterocycles. The first-order valence-electron chi connectivity index (χ1n) is 13.6. The summed E-state index contributed by atoms with van der Waals surface area (Å²) in [5, 5.41) is 17.3. The lowest BCUT2D eigenvalue weighted by Crippen LogP contribution is -2.57. The van der Waals surface area contributed by atoms with Crippen molar-refractivity contribution in [3.05, 3.63) is 41.0 Å². The number of hydrogen-bond donors (Lipinski definition) is 3. The number of carbonyl (C=O) groups is 3. The predicted molar refractivity (Wildman–Crippen MR) is 159 cm³/mol. The molecule has 2 aromatic rings. The summed E-state index contributed by atoms with van der Waals surface area (Å²) in [7, 11) is 0. The van der Waals surface area contributed by atoms with Crippen molar-refractivity contribution < 1.29 is 19.5 Å². The van der Waals surface area contributed by atoms with Gasteiger partial charge in [0.15, 0.2) is 0 Å². The number of nitrogens with zero attached hydrogens (tertiary/aromatic N) is 2. The number of carbonyl (C=O) groups excluding carboxylic acids is 3. The zero-order valence-corrected chi connectivity index (χ0v) is 25.9. The topological polar surface area (TPSA) is 112 Å². The van der Waals surface area contributed by atoms with Crippen LogP contribution in [-0.4, -0.2) is 62.8 Å². The summed E-state index contributed by atoms with van der Waals surface area (Å²) < 4.78 is 0. The third-order valence-corrected chi connectivity index (χ3v) is 8.64. The fourth-order valence-corrected chi connectivity index (χ4v) is 6.01. The Hall–Kier alpha value is -2.30. The Labute approximate surface area is 244 Å².